The van der Waals surface area contributed by atoms with E-state index < -0.39 is 17.2 Å². The van der Waals surface area contributed by atoms with Crippen molar-refractivity contribution in [1.82, 2.24) is 28.9 Å². The van der Waals surface area contributed by atoms with Crippen molar-refractivity contribution in [3.63, 3.8) is 0 Å². The van der Waals surface area contributed by atoms with E-state index in [1.54, 1.807) is 4.90 Å². The average molecular weight is 509 g/mol. The number of nitrogens with zero attached hydrogens (tertiary/aromatic N) is 7. The molecular weight excluding hydrogens is 484 g/mol. The van der Waals surface area contributed by atoms with Gasteiger partial charge in [-0.1, -0.05) is 17.4 Å². The molecule has 186 valence electrons. The van der Waals surface area contributed by atoms with Crippen molar-refractivity contribution in [2.24, 2.45) is 14.1 Å². The lowest BCUT2D eigenvalue weighted by molar-refractivity contribution is -0.117. The molecule has 1 aliphatic rings. The molecule has 1 aliphatic heterocycles. The Morgan fingerprint density at radius 3 is 2.64 bits per heavy atom. The number of aromatic nitrogens is 6. The summed E-state index contributed by atoms with van der Waals surface area (Å²) in [6.45, 7) is 4.35. The summed E-state index contributed by atoms with van der Waals surface area (Å²) in [6.07, 6.45) is 1.67. The molecule has 0 bridgehead atoms. The fourth-order valence-corrected chi connectivity index (χ4v) is 5.15. The first-order chi connectivity index (χ1) is 17.1. The third-order valence-electron chi connectivity index (χ3n) is 6.49. The minimum Gasteiger partial charge on any atom is -0.315 e. The Hall–Kier alpha value is -4.13. The minimum atomic E-state index is -0.532. The van der Waals surface area contributed by atoms with Crippen LogP contribution in [-0.2, 0) is 30.2 Å². The molecule has 1 unspecified atom stereocenters. The van der Waals surface area contributed by atoms with Gasteiger partial charge in [0.15, 0.2) is 11.2 Å². The van der Waals surface area contributed by atoms with Crippen LogP contribution in [0.1, 0.15) is 28.5 Å². The van der Waals surface area contributed by atoms with Gasteiger partial charge in [-0.25, -0.2) is 9.78 Å². The van der Waals surface area contributed by atoms with Crippen molar-refractivity contribution in [3.05, 3.63) is 61.5 Å². The van der Waals surface area contributed by atoms with Crippen LogP contribution in [0.3, 0.4) is 0 Å². The quantitative estimate of drug-likeness (QED) is 0.426. The summed E-state index contributed by atoms with van der Waals surface area (Å²) in [7, 11) is 2.89. The summed E-state index contributed by atoms with van der Waals surface area (Å²) in [5.74, 6) is -0.525. The second kappa shape index (κ2) is 8.82. The zero-order valence-corrected chi connectivity index (χ0v) is 21.0. The van der Waals surface area contributed by atoms with Crippen molar-refractivity contribution in [2.75, 3.05) is 16.8 Å². The first-order valence-corrected chi connectivity index (χ1v) is 12.1. The molecular formula is C23H24N8O4S. The second-order valence-corrected chi connectivity index (χ2v) is 9.93. The second-order valence-electron chi connectivity index (χ2n) is 8.92. The van der Waals surface area contributed by atoms with Gasteiger partial charge in [-0.2, -0.15) is 0 Å². The van der Waals surface area contributed by atoms with E-state index in [1.165, 1.54) is 46.5 Å². The van der Waals surface area contributed by atoms with E-state index in [0.29, 0.717) is 23.1 Å². The molecule has 4 aromatic rings. The van der Waals surface area contributed by atoms with Crippen molar-refractivity contribution >= 4 is 45.1 Å². The molecule has 0 aliphatic carbocycles. The van der Waals surface area contributed by atoms with Crippen LogP contribution in [0.25, 0.3) is 11.2 Å². The summed E-state index contributed by atoms with van der Waals surface area (Å²) in [4.78, 5) is 55.9. The van der Waals surface area contributed by atoms with Gasteiger partial charge >= 0.3 is 5.69 Å². The maximum atomic E-state index is 12.7. The molecule has 5 rings (SSSR count). The fraction of sp³-hybridized carbons (Fsp3) is 0.348. The number of hydrogen-bond donors (Lipinski definition) is 1. The van der Waals surface area contributed by atoms with Gasteiger partial charge < -0.3 is 9.47 Å². The van der Waals surface area contributed by atoms with Crippen LogP contribution in [-0.4, -0.2) is 47.2 Å². The number of aryl methyl sites for hydroxylation is 3. The number of amides is 2. The van der Waals surface area contributed by atoms with E-state index in [0.717, 1.165) is 15.8 Å². The number of benzene rings is 1. The standard InChI is InChI=1S/C23H24N8O4S/c1-12-5-6-15(7-13(12)2)31-9-14(8-17(31)33)20-26-27-22(36-20)25-16(32)10-30-11-24-19-18(30)21(34)29(4)23(35)28(19)3/h5-7,11,14H,8-10H2,1-4H3,(H,25,27,32). The van der Waals surface area contributed by atoms with Crippen molar-refractivity contribution in [1.29, 1.82) is 0 Å². The highest BCUT2D eigenvalue weighted by molar-refractivity contribution is 7.15. The Balaban J connectivity index is 1.29. The van der Waals surface area contributed by atoms with Gasteiger partial charge in [-0.3, -0.25) is 28.8 Å². The van der Waals surface area contributed by atoms with Crippen molar-refractivity contribution in [3.8, 4) is 0 Å². The molecule has 12 nitrogen and oxygen atoms in total. The molecule has 0 radical (unpaired) electrons. The predicted octanol–water partition coefficient (Wildman–Crippen LogP) is 1.06. The number of anilines is 2. The maximum Gasteiger partial charge on any atom is 0.332 e. The minimum absolute atomic E-state index is 0.0204. The van der Waals surface area contributed by atoms with Gasteiger partial charge in [0.1, 0.15) is 11.6 Å². The van der Waals surface area contributed by atoms with Crippen LogP contribution in [0.2, 0.25) is 0 Å². The zero-order valence-electron chi connectivity index (χ0n) is 20.2. The Labute approximate surface area is 208 Å². The van der Waals surface area contributed by atoms with Crippen LogP contribution in [0.15, 0.2) is 34.1 Å². The molecule has 13 heteroatoms. The number of imidazole rings is 1. The lowest BCUT2D eigenvalue weighted by Crippen LogP contribution is -2.37. The highest BCUT2D eigenvalue weighted by atomic mass is 32.1. The Bertz CT molecular complexity index is 1650. The molecule has 1 N–H and O–H groups in total. The molecule has 1 fully saturated rings. The van der Waals surface area contributed by atoms with Crippen molar-refractivity contribution < 1.29 is 9.59 Å². The van der Waals surface area contributed by atoms with Crippen LogP contribution < -0.4 is 21.5 Å². The third kappa shape index (κ3) is 4.00. The van der Waals surface area contributed by atoms with Crippen LogP contribution in [0, 0.1) is 13.8 Å². The number of carbonyl (C=O) groups is 2. The monoisotopic (exact) mass is 508 g/mol. The van der Waals surface area contributed by atoms with Crippen LogP contribution >= 0.6 is 11.3 Å². The number of rotatable bonds is 5. The molecule has 1 saturated heterocycles. The predicted molar refractivity (Wildman–Crippen MR) is 134 cm³/mol. The number of fused-ring (bicyclic) bond motifs is 1. The largest absolute Gasteiger partial charge is 0.332 e. The van der Waals surface area contributed by atoms with Gasteiger partial charge in [0, 0.05) is 38.7 Å². The molecule has 4 heterocycles. The van der Waals surface area contributed by atoms with E-state index in [2.05, 4.69) is 20.5 Å². The number of carbonyl (C=O) groups excluding carboxylic acids is 2. The van der Waals surface area contributed by atoms with E-state index in [-0.39, 0.29) is 29.5 Å². The molecule has 2 amide bonds. The average Bonchev–Trinajstić information content (AvgIpc) is 3.57. The Morgan fingerprint density at radius 1 is 1.11 bits per heavy atom. The van der Waals surface area contributed by atoms with Crippen molar-refractivity contribution in [2.45, 2.75) is 32.7 Å². The first-order valence-electron chi connectivity index (χ1n) is 11.3. The Morgan fingerprint density at radius 2 is 1.89 bits per heavy atom. The maximum absolute atomic E-state index is 12.7. The normalized spacial score (nSPS) is 15.7. The number of nitrogens with one attached hydrogen (secondary N) is 1. The zero-order chi connectivity index (χ0) is 25.7. The van der Waals surface area contributed by atoms with E-state index >= 15 is 0 Å². The lowest BCUT2D eigenvalue weighted by atomic mass is 10.1. The smallest absolute Gasteiger partial charge is 0.315 e. The van der Waals surface area contributed by atoms with Gasteiger partial charge in [-0.05, 0) is 37.1 Å². The summed E-state index contributed by atoms with van der Waals surface area (Å²) >= 11 is 1.22. The van der Waals surface area contributed by atoms with Gasteiger partial charge in [0.05, 0.1) is 6.33 Å². The third-order valence-corrected chi connectivity index (χ3v) is 7.50. The topological polar surface area (TPSA) is 137 Å². The van der Waals surface area contributed by atoms with Gasteiger partial charge in [0.25, 0.3) is 5.56 Å². The highest BCUT2D eigenvalue weighted by Gasteiger charge is 2.34. The summed E-state index contributed by atoms with van der Waals surface area (Å²) < 4.78 is 3.62. The molecule has 3 aromatic heterocycles. The lowest BCUT2D eigenvalue weighted by Gasteiger charge is -2.17. The van der Waals surface area contributed by atoms with E-state index in [1.807, 2.05) is 32.0 Å². The first kappa shape index (κ1) is 23.6. The van der Waals surface area contributed by atoms with Gasteiger partial charge in [-0.15, -0.1) is 10.2 Å². The van der Waals surface area contributed by atoms with E-state index in [9.17, 15) is 19.2 Å². The SMILES string of the molecule is Cc1ccc(N2CC(c3nnc(NC(=O)Cn4cnc5c4c(=O)n(C)c(=O)n5C)s3)CC2=O)cc1C. The Kier molecular flexibility index (Phi) is 5.79. The molecule has 0 spiro atoms. The number of hydrogen-bond acceptors (Lipinski definition) is 8. The molecule has 1 aromatic carbocycles. The summed E-state index contributed by atoms with van der Waals surface area (Å²) in [5, 5.41) is 11.9. The molecule has 0 saturated carbocycles. The molecule has 36 heavy (non-hydrogen) atoms. The van der Waals surface area contributed by atoms with E-state index in [4.69, 9.17) is 0 Å². The van der Waals surface area contributed by atoms with Crippen LogP contribution in [0.5, 0.6) is 0 Å². The summed E-state index contributed by atoms with van der Waals surface area (Å²) in [6, 6.07) is 5.95. The van der Waals surface area contributed by atoms with Gasteiger partial charge in [0.2, 0.25) is 16.9 Å². The summed E-state index contributed by atoms with van der Waals surface area (Å²) in [5.41, 5.74) is 2.48. The highest BCUT2D eigenvalue weighted by Crippen LogP contribution is 2.34. The van der Waals surface area contributed by atoms with Crippen LogP contribution in [0.4, 0.5) is 10.8 Å². The molecule has 1 atom stereocenters. The fourth-order valence-electron chi connectivity index (χ4n) is 4.30.